The summed E-state index contributed by atoms with van der Waals surface area (Å²) in [4.78, 5) is 36.1. The summed E-state index contributed by atoms with van der Waals surface area (Å²) in [6.07, 6.45) is 1.56. The van der Waals surface area contributed by atoms with Gasteiger partial charge in [-0.2, -0.15) is 5.10 Å². The zero-order valence-electron chi connectivity index (χ0n) is 13.9. The molecule has 0 atom stereocenters. The van der Waals surface area contributed by atoms with Crippen LogP contribution in [0.15, 0.2) is 60.8 Å². The molecule has 0 N–H and O–H groups in total. The van der Waals surface area contributed by atoms with Crippen molar-refractivity contribution in [3.8, 4) is 5.69 Å². The Balaban J connectivity index is 2.03. The van der Waals surface area contributed by atoms with E-state index in [1.807, 2.05) is 30.3 Å². The molecular formula is C20H16N2O3. The summed E-state index contributed by atoms with van der Waals surface area (Å²) in [5.41, 5.74) is 2.07. The Bertz CT molecular complexity index is 954. The van der Waals surface area contributed by atoms with Crippen LogP contribution in [0.5, 0.6) is 0 Å². The molecule has 0 spiro atoms. The number of para-hydroxylation sites is 1. The summed E-state index contributed by atoms with van der Waals surface area (Å²) < 4.78 is 1.52. The lowest BCUT2D eigenvalue weighted by Crippen LogP contribution is -2.07. The first kappa shape index (κ1) is 16.5. The molecule has 2 aromatic carbocycles. The molecule has 1 aromatic heterocycles. The molecule has 0 aliphatic rings. The zero-order chi connectivity index (χ0) is 18.0. The van der Waals surface area contributed by atoms with E-state index in [0.29, 0.717) is 11.1 Å². The minimum atomic E-state index is -0.303. The third kappa shape index (κ3) is 3.30. The van der Waals surface area contributed by atoms with Crippen LogP contribution in [0.25, 0.3) is 5.69 Å². The van der Waals surface area contributed by atoms with Crippen LogP contribution in [-0.2, 0) is 0 Å². The van der Waals surface area contributed by atoms with Gasteiger partial charge in [0.25, 0.3) is 0 Å². The second kappa shape index (κ2) is 6.65. The Morgan fingerprint density at radius 1 is 0.800 bits per heavy atom. The quantitative estimate of drug-likeness (QED) is 0.671. The van der Waals surface area contributed by atoms with Gasteiger partial charge in [0.1, 0.15) is 5.69 Å². The van der Waals surface area contributed by atoms with Crippen LogP contribution < -0.4 is 0 Å². The lowest BCUT2D eigenvalue weighted by Gasteiger charge is -2.01. The van der Waals surface area contributed by atoms with E-state index in [2.05, 4.69) is 5.10 Å². The third-order valence-corrected chi connectivity index (χ3v) is 3.87. The van der Waals surface area contributed by atoms with Crippen molar-refractivity contribution in [2.75, 3.05) is 0 Å². The van der Waals surface area contributed by atoms with E-state index in [9.17, 15) is 14.4 Å². The number of benzene rings is 2. The fourth-order valence-electron chi connectivity index (χ4n) is 2.52. The highest BCUT2D eigenvalue weighted by atomic mass is 16.1. The number of nitrogens with zero attached hydrogens (tertiary/aromatic N) is 2. The smallest absolute Gasteiger partial charge is 0.196 e. The van der Waals surface area contributed by atoms with Gasteiger partial charge in [-0.15, -0.1) is 0 Å². The van der Waals surface area contributed by atoms with E-state index >= 15 is 0 Å². The van der Waals surface area contributed by atoms with E-state index in [-0.39, 0.29) is 28.6 Å². The van der Waals surface area contributed by atoms with Gasteiger partial charge in [-0.3, -0.25) is 14.4 Å². The van der Waals surface area contributed by atoms with E-state index in [4.69, 9.17) is 0 Å². The second-order valence-electron chi connectivity index (χ2n) is 5.69. The van der Waals surface area contributed by atoms with Gasteiger partial charge in [0.05, 0.1) is 11.3 Å². The maximum Gasteiger partial charge on any atom is 0.196 e. The van der Waals surface area contributed by atoms with Gasteiger partial charge in [-0.25, -0.2) is 4.68 Å². The standard InChI is InChI=1S/C20H16N2O3/c1-13(23)15-8-10-16(11-9-15)20(25)18-12-22(21-19(18)14(2)24)17-6-4-3-5-7-17/h3-12H,1-2H3. The number of aromatic nitrogens is 2. The lowest BCUT2D eigenvalue weighted by atomic mass is 10.0. The summed E-state index contributed by atoms with van der Waals surface area (Å²) in [5, 5.41) is 4.26. The van der Waals surface area contributed by atoms with Gasteiger partial charge in [0.15, 0.2) is 17.3 Å². The van der Waals surface area contributed by atoms with Crippen LogP contribution in [0.2, 0.25) is 0 Å². The van der Waals surface area contributed by atoms with Crippen molar-refractivity contribution >= 4 is 17.3 Å². The highest BCUT2D eigenvalue weighted by molar-refractivity contribution is 6.14. The molecule has 0 bridgehead atoms. The highest BCUT2D eigenvalue weighted by Gasteiger charge is 2.21. The van der Waals surface area contributed by atoms with Gasteiger partial charge in [0.2, 0.25) is 0 Å². The fourth-order valence-corrected chi connectivity index (χ4v) is 2.52. The SMILES string of the molecule is CC(=O)c1ccc(C(=O)c2cn(-c3ccccc3)nc2C(C)=O)cc1. The molecule has 3 aromatic rings. The second-order valence-corrected chi connectivity index (χ2v) is 5.69. The summed E-state index contributed by atoms with van der Waals surface area (Å²) >= 11 is 0. The van der Waals surface area contributed by atoms with Crippen LogP contribution in [0.1, 0.15) is 50.6 Å². The van der Waals surface area contributed by atoms with E-state index in [1.165, 1.54) is 18.5 Å². The van der Waals surface area contributed by atoms with Crippen LogP contribution in [-0.4, -0.2) is 27.1 Å². The molecule has 25 heavy (non-hydrogen) atoms. The molecule has 5 heteroatoms. The summed E-state index contributed by atoms with van der Waals surface area (Å²) in [7, 11) is 0. The number of Topliss-reactive ketones (excluding diaryl/α,β-unsaturated/α-hetero) is 2. The van der Waals surface area contributed by atoms with Crippen LogP contribution >= 0.6 is 0 Å². The maximum absolute atomic E-state index is 12.8. The van der Waals surface area contributed by atoms with Crippen molar-refractivity contribution in [3.63, 3.8) is 0 Å². The topological polar surface area (TPSA) is 69.0 Å². The summed E-state index contributed by atoms with van der Waals surface area (Å²) in [6, 6.07) is 15.6. The summed E-state index contributed by atoms with van der Waals surface area (Å²) in [6.45, 7) is 2.85. The van der Waals surface area contributed by atoms with Crippen molar-refractivity contribution in [2.24, 2.45) is 0 Å². The minimum absolute atomic E-state index is 0.0691. The average Bonchev–Trinajstić information content (AvgIpc) is 3.07. The molecule has 0 aliphatic carbocycles. The molecule has 0 saturated heterocycles. The monoisotopic (exact) mass is 332 g/mol. The van der Waals surface area contributed by atoms with Gasteiger partial charge in [0, 0.05) is 24.2 Å². The molecular weight excluding hydrogens is 316 g/mol. The van der Waals surface area contributed by atoms with E-state index in [1.54, 1.807) is 30.5 Å². The lowest BCUT2D eigenvalue weighted by molar-refractivity contribution is 0.0987. The number of carbonyl (C=O) groups is 3. The highest BCUT2D eigenvalue weighted by Crippen LogP contribution is 2.18. The first-order valence-corrected chi connectivity index (χ1v) is 7.79. The van der Waals surface area contributed by atoms with Gasteiger partial charge < -0.3 is 0 Å². The molecule has 1 heterocycles. The molecule has 5 nitrogen and oxygen atoms in total. The molecule has 0 saturated carbocycles. The molecule has 3 rings (SSSR count). The van der Waals surface area contributed by atoms with E-state index < -0.39 is 0 Å². The average molecular weight is 332 g/mol. The third-order valence-electron chi connectivity index (χ3n) is 3.87. The van der Waals surface area contributed by atoms with E-state index in [0.717, 1.165) is 5.69 Å². The Labute approximate surface area is 144 Å². The normalized spacial score (nSPS) is 10.5. The van der Waals surface area contributed by atoms with Gasteiger partial charge in [-0.1, -0.05) is 42.5 Å². The molecule has 0 aliphatic heterocycles. The van der Waals surface area contributed by atoms with Crippen LogP contribution in [0.4, 0.5) is 0 Å². The molecule has 0 fully saturated rings. The van der Waals surface area contributed by atoms with Gasteiger partial charge >= 0.3 is 0 Å². The predicted octanol–water partition coefficient (Wildman–Crippen LogP) is 3.51. The van der Waals surface area contributed by atoms with Crippen LogP contribution in [0, 0.1) is 0 Å². The van der Waals surface area contributed by atoms with Crippen molar-refractivity contribution < 1.29 is 14.4 Å². The molecule has 124 valence electrons. The van der Waals surface area contributed by atoms with Crippen molar-refractivity contribution in [1.82, 2.24) is 9.78 Å². The first-order chi connectivity index (χ1) is 12.0. The minimum Gasteiger partial charge on any atom is -0.295 e. The largest absolute Gasteiger partial charge is 0.295 e. The fraction of sp³-hybridized carbons (Fsp3) is 0.100. The predicted molar refractivity (Wildman–Crippen MR) is 93.4 cm³/mol. The Hall–Kier alpha value is -3.34. The first-order valence-electron chi connectivity index (χ1n) is 7.79. The number of hydrogen-bond acceptors (Lipinski definition) is 4. The number of ketones is 3. The Kier molecular flexibility index (Phi) is 4.39. The maximum atomic E-state index is 12.8. The van der Waals surface area contributed by atoms with Crippen molar-refractivity contribution in [3.05, 3.63) is 83.2 Å². The molecule has 0 amide bonds. The summed E-state index contributed by atoms with van der Waals surface area (Å²) in [5.74, 6) is -0.652. The zero-order valence-corrected chi connectivity index (χ0v) is 13.9. The number of hydrogen-bond donors (Lipinski definition) is 0. The molecule has 0 unspecified atom stereocenters. The van der Waals surface area contributed by atoms with Gasteiger partial charge in [-0.05, 0) is 19.1 Å². The van der Waals surface area contributed by atoms with Crippen molar-refractivity contribution in [2.45, 2.75) is 13.8 Å². The number of rotatable bonds is 5. The Morgan fingerprint density at radius 2 is 1.40 bits per heavy atom. The molecule has 0 radical (unpaired) electrons. The Morgan fingerprint density at radius 3 is 1.96 bits per heavy atom. The number of carbonyl (C=O) groups excluding carboxylic acids is 3. The van der Waals surface area contributed by atoms with Crippen LogP contribution in [0.3, 0.4) is 0 Å². The van der Waals surface area contributed by atoms with Crippen molar-refractivity contribution in [1.29, 1.82) is 0 Å².